The van der Waals surface area contributed by atoms with Gasteiger partial charge in [-0.05, 0) is 72.5 Å². The van der Waals surface area contributed by atoms with Crippen LogP contribution >= 0.6 is 0 Å². The Balaban J connectivity index is 1.71. The van der Waals surface area contributed by atoms with E-state index >= 15 is 0 Å². The minimum absolute atomic E-state index is 0.0511. The Morgan fingerprint density at radius 3 is 2.22 bits per heavy atom. The van der Waals surface area contributed by atoms with Gasteiger partial charge in [0.25, 0.3) is 11.7 Å². The average Bonchev–Trinajstić information content (AvgIpc) is 3.20. The number of Topliss-reactive ketones (excluding diaryl/α,β-unsaturated/α-hetero) is 1. The van der Waals surface area contributed by atoms with Crippen LogP contribution in [0.15, 0.2) is 78.4 Å². The van der Waals surface area contributed by atoms with Crippen LogP contribution in [0.5, 0.6) is 17.2 Å². The van der Waals surface area contributed by atoms with Crippen LogP contribution in [0.25, 0.3) is 5.76 Å². The predicted molar refractivity (Wildman–Crippen MR) is 141 cm³/mol. The molecule has 1 atom stereocenters. The number of hydrogen-bond acceptors (Lipinski definition) is 6. The standard InChI is InChI=1S/C30H31NO6/c1-4-18-37-24-14-10-21(11-15-24)28(32)26-27(22-6-5-7-25(19-22)36-3)31(30(34)29(26)33)17-16-20-8-12-23(35-2)13-9-20/h5-15,19,27,32H,4,16-18H2,1-3H3/b28-26-. The molecule has 1 heterocycles. The molecule has 4 rings (SSSR count). The summed E-state index contributed by atoms with van der Waals surface area (Å²) < 4.78 is 16.2. The number of carbonyl (C=O) groups excluding carboxylic acids is 2. The van der Waals surface area contributed by atoms with Crippen molar-refractivity contribution >= 4 is 17.4 Å². The average molecular weight is 502 g/mol. The number of amides is 1. The SMILES string of the molecule is CCCOc1ccc(/C(O)=C2/C(=O)C(=O)N(CCc3ccc(OC)cc3)C2c2cccc(OC)c2)cc1. The van der Waals surface area contributed by atoms with Gasteiger partial charge in [0, 0.05) is 12.1 Å². The Morgan fingerprint density at radius 1 is 0.892 bits per heavy atom. The number of nitrogens with zero attached hydrogens (tertiary/aromatic N) is 1. The highest BCUT2D eigenvalue weighted by Gasteiger charge is 2.46. The summed E-state index contributed by atoms with van der Waals surface area (Å²) in [5.41, 5.74) is 2.16. The van der Waals surface area contributed by atoms with Crippen LogP contribution in [0.3, 0.4) is 0 Å². The van der Waals surface area contributed by atoms with E-state index in [0.717, 1.165) is 17.7 Å². The first kappa shape index (κ1) is 25.8. The smallest absolute Gasteiger partial charge is 0.295 e. The van der Waals surface area contributed by atoms with Crippen molar-refractivity contribution in [1.82, 2.24) is 4.90 Å². The third-order valence-electron chi connectivity index (χ3n) is 6.35. The van der Waals surface area contributed by atoms with Crippen LogP contribution in [0.1, 0.15) is 36.1 Å². The van der Waals surface area contributed by atoms with Crippen LogP contribution in [0.4, 0.5) is 0 Å². The monoisotopic (exact) mass is 501 g/mol. The molecule has 1 fully saturated rings. The van der Waals surface area contributed by atoms with Gasteiger partial charge in [0.1, 0.15) is 23.0 Å². The van der Waals surface area contributed by atoms with E-state index in [0.29, 0.717) is 42.2 Å². The molecule has 7 heteroatoms. The molecule has 192 valence electrons. The van der Waals surface area contributed by atoms with Crippen molar-refractivity contribution in [2.75, 3.05) is 27.4 Å². The van der Waals surface area contributed by atoms with Crippen LogP contribution in [0.2, 0.25) is 0 Å². The Bertz CT molecular complexity index is 1280. The molecule has 37 heavy (non-hydrogen) atoms. The highest BCUT2D eigenvalue weighted by atomic mass is 16.5. The van der Waals surface area contributed by atoms with E-state index in [-0.39, 0.29) is 11.3 Å². The number of likely N-dealkylation sites (tertiary alicyclic amines) is 1. The van der Waals surface area contributed by atoms with Crippen LogP contribution < -0.4 is 14.2 Å². The Kier molecular flexibility index (Phi) is 8.13. The molecule has 1 unspecified atom stereocenters. The second kappa shape index (κ2) is 11.6. The molecule has 0 bridgehead atoms. The van der Waals surface area contributed by atoms with Gasteiger partial charge >= 0.3 is 0 Å². The molecule has 0 aromatic heterocycles. The van der Waals surface area contributed by atoms with E-state index in [4.69, 9.17) is 14.2 Å². The minimum Gasteiger partial charge on any atom is -0.507 e. The molecule has 0 saturated carbocycles. The van der Waals surface area contributed by atoms with Crippen molar-refractivity contribution in [1.29, 1.82) is 0 Å². The molecule has 1 amide bonds. The van der Waals surface area contributed by atoms with Gasteiger partial charge in [0.05, 0.1) is 32.4 Å². The Labute approximate surface area is 216 Å². The zero-order valence-corrected chi connectivity index (χ0v) is 21.3. The first-order valence-corrected chi connectivity index (χ1v) is 12.2. The van der Waals surface area contributed by atoms with Crippen molar-refractivity contribution in [2.45, 2.75) is 25.8 Å². The number of methoxy groups -OCH3 is 2. The van der Waals surface area contributed by atoms with Gasteiger partial charge in [-0.2, -0.15) is 0 Å². The molecule has 0 radical (unpaired) electrons. The van der Waals surface area contributed by atoms with Crippen molar-refractivity contribution in [3.05, 3.63) is 95.1 Å². The van der Waals surface area contributed by atoms with E-state index in [9.17, 15) is 14.7 Å². The maximum Gasteiger partial charge on any atom is 0.295 e. The Hall–Kier alpha value is -4.26. The summed E-state index contributed by atoms with van der Waals surface area (Å²) in [6.45, 7) is 2.90. The van der Waals surface area contributed by atoms with Crippen molar-refractivity contribution in [3.8, 4) is 17.2 Å². The van der Waals surface area contributed by atoms with E-state index < -0.39 is 17.7 Å². The quantitative estimate of drug-likeness (QED) is 0.235. The molecule has 1 aliphatic rings. The van der Waals surface area contributed by atoms with E-state index in [1.54, 1.807) is 56.7 Å². The van der Waals surface area contributed by atoms with Gasteiger partial charge < -0.3 is 24.2 Å². The maximum absolute atomic E-state index is 13.3. The minimum atomic E-state index is -0.760. The third-order valence-corrected chi connectivity index (χ3v) is 6.35. The largest absolute Gasteiger partial charge is 0.507 e. The lowest BCUT2D eigenvalue weighted by Crippen LogP contribution is -2.31. The number of aliphatic hydroxyl groups excluding tert-OH is 1. The van der Waals surface area contributed by atoms with Crippen molar-refractivity contribution < 1.29 is 28.9 Å². The van der Waals surface area contributed by atoms with Crippen LogP contribution in [-0.4, -0.2) is 49.1 Å². The number of carbonyl (C=O) groups is 2. The van der Waals surface area contributed by atoms with E-state index in [1.165, 1.54) is 4.90 Å². The summed E-state index contributed by atoms with van der Waals surface area (Å²) in [6.07, 6.45) is 1.41. The lowest BCUT2D eigenvalue weighted by Gasteiger charge is -2.25. The number of ketones is 1. The lowest BCUT2D eigenvalue weighted by atomic mass is 9.95. The molecule has 3 aromatic rings. The van der Waals surface area contributed by atoms with Crippen LogP contribution in [0, 0.1) is 0 Å². The number of ether oxygens (including phenoxy) is 3. The van der Waals surface area contributed by atoms with Gasteiger partial charge in [-0.15, -0.1) is 0 Å². The van der Waals surface area contributed by atoms with Crippen LogP contribution in [-0.2, 0) is 16.0 Å². The van der Waals surface area contributed by atoms with Crippen molar-refractivity contribution in [3.63, 3.8) is 0 Å². The second-order valence-corrected chi connectivity index (χ2v) is 8.74. The number of hydrogen-bond donors (Lipinski definition) is 1. The fourth-order valence-electron chi connectivity index (χ4n) is 4.39. The van der Waals surface area contributed by atoms with E-state index in [1.807, 2.05) is 37.3 Å². The zero-order valence-electron chi connectivity index (χ0n) is 21.3. The topological polar surface area (TPSA) is 85.3 Å². The van der Waals surface area contributed by atoms with Gasteiger partial charge in [-0.1, -0.05) is 31.2 Å². The third kappa shape index (κ3) is 5.61. The molecule has 1 N–H and O–H groups in total. The zero-order chi connectivity index (χ0) is 26.4. The summed E-state index contributed by atoms with van der Waals surface area (Å²) in [6, 6.07) is 20.9. The Morgan fingerprint density at radius 2 is 1.57 bits per heavy atom. The summed E-state index contributed by atoms with van der Waals surface area (Å²) in [7, 11) is 3.16. The molecule has 1 saturated heterocycles. The lowest BCUT2D eigenvalue weighted by molar-refractivity contribution is -0.139. The molecular formula is C30H31NO6. The highest BCUT2D eigenvalue weighted by molar-refractivity contribution is 6.46. The summed E-state index contributed by atoms with van der Waals surface area (Å²) in [5, 5.41) is 11.3. The van der Waals surface area contributed by atoms with E-state index in [2.05, 4.69) is 0 Å². The van der Waals surface area contributed by atoms with Gasteiger partial charge in [0.2, 0.25) is 0 Å². The van der Waals surface area contributed by atoms with Gasteiger partial charge in [-0.25, -0.2) is 0 Å². The number of aliphatic hydroxyl groups is 1. The summed E-state index contributed by atoms with van der Waals surface area (Å²) in [5.74, 6) is 0.419. The molecule has 3 aromatic carbocycles. The molecule has 1 aliphatic heterocycles. The molecule has 0 aliphatic carbocycles. The second-order valence-electron chi connectivity index (χ2n) is 8.74. The molecular weight excluding hydrogens is 470 g/mol. The summed E-state index contributed by atoms with van der Waals surface area (Å²) >= 11 is 0. The first-order chi connectivity index (χ1) is 18.0. The number of rotatable bonds is 10. The summed E-state index contributed by atoms with van der Waals surface area (Å²) in [4.78, 5) is 28.1. The predicted octanol–water partition coefficient (Wildman–Crippen LogP) is 5.16. The fourth-order valence-corrected chi connectivity index (χ4v) is 4.39. The maximum atomic E-state index is 13.3. The van der Waals surface area contributed by atoms with Gasteiger partial charge in [0.15, 0.2) is 0 Å². The normalized spacial score (nSPS) is 16.6. The van der Waals surface area contributed by atoms with Gasteiger partial charge in [-0.3, -0.25) is 9.59 Å². The fraction of sp³-hybridized carbons (Fsp3) is 0.267. The van der Waals surface area contributed by atoms with Crippen molar-refractivity contribution in [2.24, 2.45) is 0 Å². The first-order valence-electron chi connectivity index (χ1n) is 12.2. The molecule has 7 nitrogen and oxygen atoms in total. The number of benzene rings is 3. The molecule has 0 spiro atoms. The highest BCUT2D eigenvalue weighted by Crippen LogP contribution is 2.40.